The van der Waals surface area contributed by atoms with Gasteiger partial charge in [-0.2, -0.15) is 13.2 Å². The lowest BCUT2D eigenvalue weighted by Crippen LogP contribution is -2.50. The number of nitrogens with zero attached hydrogens (tertiary/aromatic N) is 1. The Bertz CT molecular complexity index is 232. The second-order valence-corrected chi connectivity index (χ2v) is 4.60. The Morgan fingerprint density at radius 3 is 2.31 bits per heavy atom. The topological polar surface area (TPSA) is 27.3 Å². The number of piperazine rings is 1. The summed E-state index contributed by atoms with van der Waals surface area (Å²) in [6, 6.07) is 0. The van der Waals surface area contributed by atoms with Gasteiger partial charge in [-0.05, 0) is 12.8 Å². The minimum atomic E-state index is -4.09. The number of alkyl halides is 3. The lowest BCUT2D eigenvalue weighted by Gasteiger charge is -2.28. The molecule has 1 saturated carbocycles. The molecule has 6 heteroatoms. The van der Waals surface area contributed by atoms with Crippen molar-refractivity contribution in [2.45, 2.75) is 24.6 Å². The maximum Gasteiger partial charge on any atom is 0.406 e. The van der Waals surface area contributed by atoms with Crippen LogP contribution in [-0.2, 0) is 0 Å². The molecule has 2 rings (SSSR count). The average molecular weight is 237 g/mol. The summed E-state index contributed by atoms with van der Waals surface area (Å²) in [5, 5.41) is 5.89. The average Bonchev–Trinajstić information content (AvgIpc) is 3.00. The molecule has 16 heavy (non-hydrogen) atoms. The summed E-state index contributed by atoms with van der Waals surface area (Å²) in [6.07, 6.45) is -3.62. The highest BCUT2D eigenvalue weighted by atomic mass is 19.4. The van der Waals surface area contributed by atoms with E-state index in [4.69, 9.17) is 0 Å². The lowest BCUT2D eigenvalue weighted by molar-refractivity contribution is -0.165. The predicted octanol–water partition coefficient (Wildman–Crippen LogP) is 0.576. The number of hydrogen-bond acceptors (Lipinski definition) is 3. The number of nitrogens with one attached hydrogen (secondary N) is 2. The van der Waals surface area contributed by atoms with Crippen molar-refractivity contribution >= 4 is 0 Å². The molecule has 0 radical (unpaired) electrons. The Hall–Kier alpha value is -0.330. The van der Waals surface area contributed by atoms with Gasteiger partial charge in [0.2, 0.25) is 0 Å². The lowest BCUT2D eigenvalue weighted by atomic mass is 10.2. The van der Waals surface area contributed by atoms with Crippen molar-refractivity contribution in [2.24, 2.45) is 0 Å². The first-order chi connectivity index (χ1) is 7.54. The van der Waals surface area contributed by atoms with Crippen LogP contribution in [0, 0.1) is 0 Å². The largest absolute Gasteiger partial charge is 0.406 e. The highest BCUT2D eigenvalue weighted by molar-refractivity contribution is 5.07. The zero-order valence-corrected chi connectivity index (χ0v) is 9.24. The van der Waals surface area contributed by atoms with E-state index in [1.165, 1.54) is 0 Å². The van der Waals surface area contributed by atoms with E-state index in [1.807, 2.05) is 0 Å². The third-order valence-electron chi connectivity index (χ3n) is 3.39. The molecule has 0 bridgehead atoms. The minimum absolute atomic E-state index is 0.234. The molecule has 0 aromatic heterocycles. The monoisotopic (exact) mass is 237 g/mol. The van der Waals surface area contributed by atoms with E-state index in [1.54, 1.807) is 0 Å². The number of hydrogen-bond donors (Lipinski definition) is 2. The van der Waals surface area contributed by atoms with Gasteiger partial charge >= 0.3 is 6.18 Å². The fourth-order valence-electron chi connectivity index (χ4n) is 2.07. The molecule has 2 aliphatic rings. The van der Waals surface area contributed by atoms with Crippen LogP contribution in [0.4, 0.5) is 13.2 Å². The van der Waals surface area contributed by atoms with Crippen LogP contribution in [0.2, 0.25) is 0 Å². The van der Waals surface area contributed by atoms with Crippen molar-refractivity contribution in [3.05, 3.63) is 0 Å². The molecule has 0 unspecified atom stereocenters. The van der Waals surface area contributed by atoms with Crippen LogP contribution in [0.3, 0.4) is 0 Å². The summed E-state index contributed by atoms with van der Waals surface area (Å²) < 4.78 is 37.7. The van der Waals surface area contributed by atoms with Gasteiger partial charge in [-0.1, -0.05) is 0 Å². The first-order valence-corrected chi connectivity index (χ1v) is 5.78. The fourth-order valence-corrected chi connectivity index (χ4v) is 2.07. The van der Waals surface area contributed by atoms with Crippen LogP contribution in [0.1, 0.15) is 12.8 Å². The molecule has 2 N–H and O–H groups in total. The second kappa shape index (κ2) is 4.50. The summed E-state index contributed by atoms with van der Waals surface area (Å²) in [4.78, 5) is 2.19. The molecular formula is C10H18F3N3. The zero-order valence-electron chi connectivity index (χ0n) is 9.24. The third-order valence-corrected chi connectivity index (χ3v) is 3.39. The third kappa shape index (κ3) is 2.67. The van der Waals surface area contributed by atoms with Crippen molar-refractivity contribution in [3.63, 3.8) is 0 Å². The van der Waals surface area contributed by atoms with Crippen LogP contribution in [-0.4, -0.2) is 55.9 Å². The molecule has 0 aromatic rings. The Balaban J connectivity index is 1.68. The zero-order chi connectivity index (χ0) is 11.6. The van der Waals surface area contributed by atoms with Crippen molar-refractivity contribution in [3.8, 4) is 0 Å². The van der Waals surface area contributed by atoms with E-state index in [9.17, 15) is 13.2 Å². The van der Waals surface area contributed by atoms with Crippen LogP contribution in [0.25, 0.3) is 0 Å². The van der Waals surface area contributed by atoms with Crippen LogP contribution < -0.4 is 10.6 Å². The van der Waals surface area contributed by atoms with Gasteiger partial charge in [0.25, 0.3) is 0 Å². The SMILES string of the molecule is FC(F)(F)C1(NCCN2CCNCC2)CC1. The van der Waals surface area contributed by atoms with E-state index < -0.39 is 11.7 Å². The van der Waals surface area contributed by atoms with Gasteiger partial charge in [0, 0.05) is 39.3 Å². The van der Waals surface area contributed by atoms with E-state index in [0.717, 1.165) is 26.2 Å². The van der Waals surface area contributed by atoms with Gasteiger partial charge in [-0.3, -0.25) is 4.90 Å². The van der Waals surface area contributed by atoms with E-state index in [2.05, 4.69) is 15.5 Å². The number of rotatable bonds is 4. The molecular weight excluding hydrogens is 219 g/mol. The van der Waals surface area contributed by atoms with Crippen molar-refractivity contribution in [1.82, 2.24) is 15.5 Å². The summed E-state index contributed by atoms with van der Waals surface area (Å²) >= 11 is 0. The highest BCUT2D eigenvalue weighted by Crippen LogP contribution is 2.48. The minimum Gasteiger partial charge on any atom is -0.314 e. The molecule has 0 amide bonds. The Kier molecular flexibility index (Phi) is 3.42. The Morgan fingerprint density at radius 1 is 1.19 bits per heavy atom. The van der Waals surface area contributed by atoms with Gasteiger partial charge in [0.1, 0.15) is 5.54 Å². The Labute approximate surface area is 93.4 Å². The molecule has 2 fully saturated rings. The Morgan fingerprint density at radius 2 is 1.81 bits per heavy atom. The smallest absolute Gasteiger partial charge is 0.314 e. The fraction of sp³-hybridized carbons (Fsp3) is 1.00. The molecule has 0 spiro atoms. The normalized spacial score (nSPS) is 25.7. The maximum atomic E-state index is 12.6. The first-order valence-electron chi connectivity index (χ1n) is 5.78. The summed E-state index contributed by atoms with van der Waals surface area (Å²) in [7, 11) is 0. The first kappa shape index (κ1) is 12.1. The maximum absolute atomic E-state index is 12.6. The molecule has 0 aromatic carbocycles. The van der Waals surface area contributed by atoms with Gasteiger partial charge in [-0.15, -0.1) is 0 Å². The van der Waals surface area contributed by atoms with E-state index in [-0.39, 0.29) is 12.8 Å². The van der Waals surface area contributed by atoms with Gasteiger partial charge in [-0.25, -0.2) is 0 Å². The standard InChI is InChI=1S/C10H18F3N3/c11-10(12,13)9(1-2-9)15-5-8-16-6-3-14-4-7-16/h14-15H,1-8H2. The predicted molar refractivity (Wildman–Crippen MR) is 55.3 cm³/mol. The van der Waals surface area contributed by atoms with E-state index in [0.29, 0.717) is 13.1 Å². The number of halogens is 3. The van der Waals surface area contributed by atoms with Gasteiger partial charge in [0.05, 0.1) is 0 Å². The van der Waals surface area contributed by atoms with Gasteiger partial charge in [0.15, 0.2) is 0 Å². The summed E-state index contributed by atoms with van der Waals surface area (Å²) in [6.45, 7) is 4.87. The van der Waals surface area contributed by atoms with Crippen LogP contribution in [0.5, 0.6) is 0 Å². The molecule has 1 aliphatic heterocycles. The van der Waals surface area contributed by atoms with Crippen molar-refractivity contribution < 1.29 is 13.2 Å². The second-order valence-electron chi connectivity index (χ2n) is 4.60. The molecule has 1 heterocycles. The molecule has 1 saturated heterocycles. The van der Waals surface area contributed by atoms with Crippen LogP contribution >= 0.6 is 0 Å². The molecule has 1 aliphatic carbocycles. The molecule has 0 atom stereocenters. The van der Waals surface area contributed by atoms with Crippen LogP contribution in [0.15, 0.2) is 0 Å². The highest BCUT2D eigenvalue weighted by Gasteiger charge is 2.62. The summed E-state index contributed by atoms with van der Waals surface area (Å²) in [5.41, 5.74) is -1.55. The molecule has 94 valence electrons. The quantitative estimate of drug-likeness (QED) is 0.749. The molecule has 3 nitrogen and oxygen atoms in total. The summed E-state index contributed by atoms with van der Waals surface area (Å²) in [5.74, 6) is 0. The van der Waals surface area contributed by atoms with Crippen molar-refractivity contribution in [1.29, 1.82) is 0 Å². The van der Waals surface area contributed by atoms with Crippen molar-refractivity contribution in [2.75, 3.05) is 39.3 Å². The van der Waals surface area contributed by atoms with Gasteiger partial charge < -0.3 is 10.6 Å². The van der Waals surface area contributed by atoms with E-state index >= 15 is 0 Å².